The molecule has 3 N–H and O–H groups in total. The first-order chi connectivity index (χ1) is 12.5. The topological polar surface area (TPSA) is 90.3 Å². The smallest absolute Gasteiger partial charge is 0.287 e. The van der Waals surface area contributed by atoms with Crippen molar-refractivity contribution in [1.82, 2.24) is 0 Å². The minimum absolute atomic E-state index is 0.164. The van der Waals surface area contributed by atoms with Crippen molar-refractivity contribution in [2.75, 3.05) is 6.61 Å². The van der Waals surface area contributed by atoms with Gasteiger partial charge in [-0.2, -0.15) is 0 Å². The van der Waals surface area contributed by atoms with Gasteiger partial charge in [0.2, 0.25) is 0 Å². The van der Waals surface area contributed by atoms with E-state index in [-0.39, 0.29) is 6.42 Å². The number of unbranched alkanes of at least 4 members (excludes halogenated alkanes) is 11. The largest absolute Gasteiger partial charge is 0.391 e. The number of ketones is 1. The van der Waals surface area contributed by atoms with Crippen molar-refractivity contribution in [3.8, 4) is 0 Å². The average Bonchev–Trinajstić information content (AvgIpc) is 3.21. The van der Waals surface area contributed by atoms with Gasteiger partial charge in [0.05, 0.1) is 0 Å². The van der Waals surface area contributed by atoms with Gasteiger partial charge < -0.3 is 15.3 Å². The van der Waals surface area contributed by atoms with Gasteiger partial charge in [-0.3, -0.25) is 9.53 Å². The van der Waals surface area contributed by atoms with E-state index in [1.165, 1.54) is 44.9 Å². The zero-order chi connectivity index (χ0) is 19.3. The molecule has 0 spiro atoms. The molecule has 1 aliphatic rings. The number of allylic oxidation sites excluding steroid dienone is 2. The SMILES string of the molecule is CCCCCCCC/C=C/CCCCCCCC(=O)C1(O)OC1(O)CO. The van der Waals surface area contributed by atoms with Crippen molar-refractivity contribution < 1.29 is 24.9 Å². The monoisotopic (exact) mass is 370 g/mol. The number of carbonyl (C=O) groups excluding carboxylic acids is 1. The minimum atomic E-state index is -2.19. The fraction of sp³-hybridized carbons (Fsp3) is 0.857. The van der Waals surface area contributed by atoms with Crippen LogP contribution in [0.15, 0.2) is 12.2 Å². The van der Waals surface area contributed by atoms with Crippen LogP contribution in [0.3, 0.4) is 0 Å². The summed E-state index contributed by atoms with van der Waals surface area (Å²) in [6, 6.07) is 0. The molecule has 0 bridgehead atoms. The van der Waals surface area contributed by atoms with Crippen molar-refractivity contribution in [3.05, 3.63) is 12.2 Å². The Kier molecular flexibility index (Phi) is 11.3. The first-order valence-electron chi connectivity index (χ1n) is 10.4. The van der Waals surface area contributed by atoms with Gasteiger partial charge in [-0.15, -0.1) is 0 Å². The summed E-state index contributed by atoms with van der Waals surface area (Å²) in [6.07, 6.45) is 20.1. The number of rotatable bonds is 17. The lowest BCUT2D eigenvalue weighted by atomic mass is 10.0. The zero-order valence-electron chi connectivity index (χ0n) is 16.4. The molecule has 5 heteroatoms. The summed E-state index contributed by atoms with van der Waals surface area (Å²) in [5, 5.41) is 28.1. The maximum absolute atomic E-state index is 11.8. The van der Waals surface area contributed by atoms with E-state index >= 15 is 0 Å². The van der Waals surface area contributed by atoms with Crippen LogP contribution in [-0.2, 0) is 9.53 Å². The van der Waals surface area contributed by atoms with Crippen LogP contribution >= 0.6 is 0 Å². The van der Waals surface area contributed by atoms with Gasteiger partial charge in [0.1, 0.15) is 6.61 Å². The van der Waals surface area contributed by atoms with Crippen LogP contribution in [0, 0.1) is 0 Å². The van der Waals surface area contributed by atoms with E-state index in [9.17, 15) is 15.0 Å². The molecule has 1 rings (SSSR count). The summed E-state index contributed by atoms with van der Waals surface area (Å²) in [5.41, 5.74) is 0. The molecule has 0 aliphatic carbocycles. The standard InChI is InChI=1S/C21H38O5/c1-2-3-4-5-6-7-8-9-10-11-12-13-14-15-16-17-19(23)21(25)20(24,18-22)26-21/h9-10,22,24-25H,2-8,11-18H2,1H3/b10-9+. The minimum Gasteiger partial charge on any atom is -0.391 e. The molecule has 0 aromatic heterocycles. The summed E-state index contributed by atoms with van der Waals surface area (Å²) in [4.78, 5) is 11.8. The van der Waals surface area contributed by atoms with Crippen LogP contribution in [0.25, 0.3) is 0 Å². The molecule has 152 valence electrons. The fourth-order valence-electron chi connectivity index (χ4n) is 3.16. The normalized spacial score (nSPS) is 25.1. The van der Waals surface area contributed by atoms with Gasteiger partial charge in [-0.25, -0.2) is 0 Å². The summed E-state index contributed by atoms with van der Waals surface area (Å²) in [6.45, 7) is 1.47. The van der Waals surface area contributed by atoms with Gasteiger partial charge >= 0.3 is 0 Å². The van der Waals surface area contributed by atoms with Gasteiger partial charge in [0.15, 0.2) is 5.78 Å². The van der Waals surface area contributed by atoms with Gasteiger partial charge in [-0.05, 0) is 32.1 Å². The van der Waals surface area contributed by atoms with E-state index in [1.54, 1.807) is 0 Å². The van der Waals surface area contributed by atoms with E-state index in [0.29, 0.717) is 6.42 Å². The number of carbonyl (C=O) groups is 1. The van der Waals surface area contributed by atoms with Crippen LogP contribution < -0.4 is 0 Å². The molecule has 0 amide bonds. The summed E-state index contributed by atoms with van der Waals surface area (Å²) in [7, 11) is 0. The summed E-state index contributed by atoms with van der Waals surface area (Å²) < 4.78 is 4.58. The Morgan fingerprint density at radius 3 is 1.85 bits per heavy atom. The molecular formula is C21H38O5. The Morgan fingerprint density at radius 1 is 0.846 bits per heavy atom. The fourth-order valence-corrected chi connectivity index (χ4v) is 3.16. The molecule has 0 aromatic carbocycles. The number of hydrogen-bond donors (Lipinski definition) is 3. The van der Waals surface area contributed by atoms with Crippen LogP contribution in [0.2, 0.25) is 0 Å². The highest BCUT2D eigenvalue weighted by Crippen LogP contribution is 2.44. The number of aliphatic hydroxyl groups excluding tert-OH is 1. The van der Waals surface area contributed by atoms with Crippen molar-refractivity contribution in [1.29, 1.82) is 0 Å². The Hall–Kier alpha value is -0.750. The number of ether oxygens (including phenoxy) is 1. The quantitative estimate of drug-likeness (QED) is 0.205. The Balaban J connectivity index is 1.87. The summed E-state index contributed by atoms with van der Waals surface area (Å²) in [5.74, 6) is -4.83. The number of hydrogen-bond acceptors (Lipinski definition) is 5. The van der Waals surface area contributed by atoms with E-state index in [1.807, 2.05) is 0 Å². The molecule has 1 saturated heterocycles. The third kappa shape index (κ3) is 7.87. The first-order valence-corrected chi connectivity index (χ1v) is 10.4. The molecule has 5 nitrogen and oxygen atoms in total. The number of aliphatic hydroxyl groups is 3. The molecule has 26 heavy (non-hydrogen) atoms. The van der Waals surface area contributed by atoms with E-state index < -0.39 is 24.0 Å². The second-order valence-electron chi connectivity index (χ2n) is 7.45. The van der Waals surface area contributed by atoms with Gasteiger partial charge in [0.25, 0.3) is 11.6 Å². The molecule has 0 saturated carbocycles. The average molecular weight is 371 g/mol. The molecule has 2 unspecified atom stereocenters. The van der Waals surface area contributed by atoms with Gasteiger partial charge in [0, 0.05) is 6.42 Å². The lowest BCUT2D eigenvalue weighted by Crippen LogP contribution is -2.36. The highest BCUT2D eigenvalue weighted by Gasteiger charge is 2.74. The molecule has 2 atom stereocenters. The highest BCUT2D eigenvalue weighted by atomic mass is 16.8. The Morgan fingerprint density at radius 2 is 1.35 bits per heavy atom. The lowest BCUT2D eigenvalue weighted by molar-refractivity contribution is -0.138. The van der Waals surface area contributed by atoms with Crippen LogP contribution in [0.5, 0.6) is 0 Å². The Bertz CT molecular complexity index is 423. The van der Waals surface area contributed by atoms with Crippen LogP contribution in [-0.4, -0.2) is 39.3 Å². The molecule has 0 radical (unpaired) electrons. The summed E-state index contributed by atoms with van der Waals surface area (Å²) >= 11 is 0. The van der Waals surface area contributed by atoms with Crippen molar-refractivity contribution in [2.45, 2.75) is 108 Å². The highest BCUT2D eigenvalue weighted by molar-refractivity contribution is 5.89. The second-order valence-corrected chi connectivity index (χ2v) is 7.45. The molecule has 1 heterocycles. The molecule has 1 aliphatic heterocycles. The van der Waals surface area contributed by atoms with E-state index in [2.05, 4.69) is 23.8 Å². The van der Waals surface area contributed by atoms with E-state index in [4.69, 9.17) is 5.11 Å². The zero-order valence-corrected chi connectivity index (χ0v) is 16.4. The molecular weight excluding hydrogens is 332 g/mol. The van der Waals surface area contributed by atoms with Crippen LogP contribution in [0.4, 0.5) is 0 Å². The Labute approximate surface area is 158 Å². The van der Waals surface area contributed by atoms with Crippen molar-refractivity contribution in [2.24, 2.45) is 0 Å². The lowest BCUT2D eigenvalue weighted by Gasteiger charge is -2.07. The number of epoxide rings is 1. The van der Waals surface area contributed by atoms with Gasteiger partial charge in [-0.1, -0.05) is 70.4 Å². The van der Waals surface area contributed by atoms with E-state index in [0.717, 1.165) is 32.1 Å². The molecule has 0 aromatic rings. The second kappa shape index (κ2) is 12.6. The third-order valence-electron chi connectivity index (χ3n) is 5.06. The molecule has 1 fully saturated rings. The van der Waals surface area contributed by atoms with Crippen molar-refractivity contribution in [3.63, 3.8) is 0 Å². The maximum atomic E-state index is 11.8. The van der Waals surface area contributed by atoms with Crippen LogP contribution in [0.1, 0.15) is 96.8 Å². The number of Topliss-reactive ketones (excluding diaryl/α,β-unsaturated/α-hetero) is 1. The third-order valence-corrected chi connectivity index (χ3v) is 5.06. The van der Waals surface area contributed by atoms with Crippen molar-refractivity contribution >= 4 is 5.78 Å². The first kappa shape index (κ1) is 23.3. The predicted molar refractivity (Wildman–Crippen MR) is 103 cm³/mol. The predicted octanol–water partition coefficient (Wildman–Crippen LogP) is 3.99. The maximum Gasteiger partial charge on any atom is 0.287 e.